The SMILES string of the molecule is CCNCC1CCCCC1c1ccc(C)cc1. The summed E-state index contributed by atoms with van der Waals surface area (Å²) in [6.07, 6.45) is 5.59. The molecular formula is C16H25N. The van der Waals surface area contributed by atoms with Gasteiger partial charge in [0.15, 0.2) is 0 Å². The highest BCUT2D eigenvalue weighted by Gasteiger charge is 2.25. The van der Waals surface area contributed by atoms with Crippen molar-refractivity contribution in [2.75, 3.05) is 13.1 Å². The molecule has 1 heteroatoms. The summed E-state index contributed by atoms with van der Waals surface area (Å²) >= 11 is 0. The molecule has 0 spiro atoms. The minimum atomic E-state index is 0.781. The smallest absolute Gasteiger partial charge is 0.00148 e. The topological polar surface area (TPSA) is 12.0 Å². The van der Waals surface area contributed by atoms with Gasteiger partial charge in [0, 0.05) is 0 Å². The Hall–Kier alpha value is -0.820. The lowest BCUT2D eigenvalue weighted by Crippen LogP contribution is -2.29. The average Bonchev–Trinajstić information content (AvgIpc) is 2.38. The normalized spacial score (nSPS) is 24.8. The summed E-state index contributed by atoms with van der Waals surface area (Å²) < 4.78 is 0. The van der Waals surface area contributed by atoms with E-state index >= 15 is 0 Å². The number of hydrogen-bond acceptors (Lipinski definition) is 1. The Morgan fingerprint density at radius 2 is 1.82 bits per heavy atom. The van der Waals surface area contributed by atoms with Crippen LogP contribution in [0.1, 0.15) is 49.7 Å². The van der Waals surface area contributed by atoms with Crippen LogP contribution in [0.2, 0.25) is 0 Å². The molecule has 2 atom stereocenters. The van der Waals surface area contributed by atoms with Crippen molar-refractivity contribution >= 4 is 0 Å². The maximum absolute atomic E-state index is 3.53. The Morgan fingerprint density at radius 3 is 2.53 bits per heavy atom. The van der Waals surface area contributed by atoms with E-state index in [1.54, 1.807) is 5.56 Å². The highest BCUT2D eigenvalue weighted by molar-refractivity contribution is 5.25. The van der Waals surface area contributed by atoms with Crippen LogP contribution in [-0.2, 0) is 0 Å². The Kier molecular flexibility index (Phi) is 4.61. The first kappa shape index (κ1) is 12.6. The molecule has 94 valence electrons. The van der Waals surface area contributed by atoms with Crippen molar-refractivity contribution in [2.45, 2.75) is 45.4 Å². The predicted molar refractivity (Wildman–Crippen MR) is 74.4 cm³/mol. The van der Waals surface area contributed by atoms with Crippen molar-refractivity contribution in [3.63, 3.8) is 0 Å². The molecule has 1 aliphatic rings. The third kappa shape index (κ3) is 3.32. The zero-order valence-corrected chi connectivity index (χ0v) is 11.2. The molecule has 0 radical (unpaired) electrons. The lowest BCUT2D eigenvalue weighted by molar-refractivity contribution is 0.297. The zero-order chi connectivity index (χ0) is 12.1. The second-order valence-electron chi connectivity index (χ2n) is 5.37. The zero-order valence-electron chi connectivity index (χ0n) is 11.2. The van der Waals surface area contributed by atoms with Gasteiger partial charge >= 0.3 is 0 Å². The van der Waals surface area contributed by atoms with Crippen LogP contribution in [0.4, 0.5) is 0 Å². The maximum Gasteiger partial charge on any atom is -0.00148 e. The van der Waals surface area contributed by atoms with Gasteiger partial charge in [-0.05, 0) is 50.3 Å². The number of rotatable bonds is 4. The first-order chi connectivity index (χ1) is 8.31. The minimum absolute atomic E-state index is 0.781. The monoisotopic (exact) mass is 231 g/mol. The molecule has 0 aliphatic heterocycles. The molecule has 0 aromatic heterocycles. The summed E-state index contributed by atoms with van der Waals surface area (Å²) in [4.78, 5) is 0. The fourth-order valence-electron chi connectivity index (χ4n) is 3.03. The van der Waals surface area contributed by atoms with Crippen LogP contribution in [0.25, 0.3) is 0 Å². The second-order valence-corrected chi connectivity index (χ2v) is 5.37. The van der Waals surface area contributed by atoms with Gasteiger partial charge in [0.2, 0.25) is 0 Å². The molecular weight excluding hydrogens is 206 g/mol. The standard InChI is InChI=1S/C16H25N/c1-3-17-12-15-6-4-5-7-16(15)14-10-8-13(2)9-11-14/h8-11,15-17H,3-7,12H2,1-2H3. The molecule has 1 saturated carbocycles. The molecule has 2 rings (SSSR count). The molecule has 1 aromatic rings. The number of benzene rings is 1. The lowest BCUT2D eigenvalue weighted by atomic mass is 9.75. The summed E-state index contributed by atoms with van der Waals surface area (Å²) in [7, 11) is 0. The van der Waals surface area contributed by atoms with Gasteiger partial charge < -0.3 is 5.32 Å². The van der Waals surface area contributed by atoms with Crippen LogP contribution in [0.5, 0.6) is 0 Å². The molecule has 1 N–H and O–H groups in total. The summed E-state index contributed by atoms with van der Waals surface area (Å²) in [5, 5.41) is 3.53. The molecule has 2 unspecified atom stereocenters. The van der Waals surface area contributed by atoms with E-state index in [1.807, 2.05) is 0 Å². The van der Waals surface area contributed by atoms with E-state index in [-0.39, 0.29) is 0 Å². The average molecular weight is 231 g/mol. The van der Waals surface area contributed by atoms with Gasteiger partial charge in [0.1, 0.15) is 0 Å². The van der Waals surface area contributed by atoms with Crippen LogP contribution in [0.3, 0.4) is 0 Å². The quantitative estimate of drug-likeness (QED) is 0.829. The molecule has 0 bridgehead atoms. The van der Waals surface area contributed by atoms with Crippen molar-refractivity contribution in [3.05, 3.63) is 35.4 Å². The third-order valence-corrected chi connectivity index (χ3v) is 4.07. The Bertz CT molecular complexity index is 328. The van der Waals surface area contributed by atoms with Gasteiger partial charge in [-0.2, -0.15) is 0 Å². The van der Waals surface area contributed by atoms with Gasteiger partial charge in [-0.3, -0.25) is 0 Å². The first-order valence-corrected chi connectivity index (χ1v) is 7.08. The molecule has 0 saturated heterocycles. The van der Waals surface area contributed by atoms with E-state index in [0.29, 0.717) is 0 Å². The molecule has 1 aromatic carbocycles. The van der Waals surface area contributed by atoms with Crippen molar-refractivity contribution in [3.8, 4) is 0 Å². The lowest BCUT2D eigenvalue weighted by Gasteiger charge is -2.32. The Balaban J connectivity index is 2.07. The molecule has 0 heterocycles. The fraction of sp³-hybridized carbons (Fsp3) is 0.625. The summed E-state index contributed by atoms with van der Waals surface area (Å²) in [5.41, 5.74) is 2.92. The molecule has 1 aliphatic carbocycles. The van der Waals surface area contributed by atoms with Crippen molar-refractivity contribution in [2.24, 2.45) is 5.92 Å². The summed E-state index contributed by atoms with van der Waals surface area (Å²) in [6, 6.07) is 9.19. The number of hydrogen-bond donors (Lipinski definition) is 1. The fourth-order valence-corrected chi connectivity index (χ4v) is 3.03. The third-order valence-electron chi connectivity index (χ3n) is 4.07. The predicted octanol–water partition coefficient (Wildman–Crippen LogP) is 3.88. The van der Waals surface area contributed by atoms with Crippen LogP contribution in [0.15, 0.2) is 24.3 Å². The van der Waals surface area contributed by atoms with Crippen LogP contribution in [-0.4, -0.2) is 13.1 Å². The highest BCUT2D eigenvalue weighted by Crippen LogP contribution is 2.37. The number of aryl methyl sites for hydroxylation is 1. The van der Waals surface area contributed by atoms with E-state index < -0.39 is 0 Å². The number of nitrogens with one attached hydrogen (secondary N) is 1. The van der Waals surface area contributed by atoms with E-state index in [1.165, 1.54) is 37.8 Å². The second kappa shape index (κ2) is 6.20. The molecule has 1 fully saturated rings. The van der Waals surface area contributed by atoms with Gasteiger partial charge in [-0.1, -0.05) is 49.6 Å². The van der Waals surface area contributed by atoms with Crippen molar-refractivity contribution in [1.29, 1.82) is 0 Å². The molecule has 0 amide bonds. The van der Waals surface area contributed by atoms with Crippen LogP contribution < -0.4 is 5.32 Å². The van der Waals surface area contributed by atoms with Crippen LogP contribution >= 0.6 is 0 Å². The van der Waals surface area contributed by atoms with Crippen molar-refractivity contribution < 1.29 is 0 Å². The first-order valence-electron chi connectivity index (χ1n) is 7.08. The Labute approximate surface area is 106 Å². The summed E-state index contributed by atoms with van der Waals surface area (Å²) in [5.74, 6) is 1.62. The van der Waals surface area contributed by atoms with Gasteiger partial charge in [-0.15, -0.1) is 0 Å². The maximum atomic E-state index is 3.53. The van der Waals surface area contributed by atoms with E-state index in [9.17, 15) is 0 Å². The van der Waals surface area contributed by atoms with E-state index in [2.05, 4.69) is 43.4 Å². The van der Waals surface area contributed by atoms with Gasteiger partial charge in [-0.25, -0.2) is 0 Å². The highest BCUT2D eigenvalue weighted by atomic mass is 14.8. The summed E-state index contributed by atoms with van der Waals surface area (Å²) in [6.45, 7) is 6.65. The minimum Gasteiger partial charge on any atom is -0.317 e. The van der Waals surface area contributed by atoms with Crippen molar-refractivity contribution in [1.82, 2.24) is 5.32 Å². The Morgan fingerprint density at radius 1 is 1.12 bits per heavy atom. The van der Waals surface area contributed by atoms with Gasteiger partial charge in [0.25, 0.3) is 0 Å². The van der Waals surface area contributed by atoms with Crippen LogP contribution in [0, 0.1) is 12.8 Å². The van der Waals surface area contributed by atoms with E-state index in [4.69, 9.17) is 0 Å². The molecule has 1 nitrogen and oxygen atoms in total. The van der Waals surface area contributed by atoms with E-state index in [0.717, 1.165) is 18.4 Å². The largest absolute Gasteiger partial charge is 0.317 e. The molecule has 17 heavy (non-hydrogen) atoms. The van der Waals surface area contributed by atoms with Gasteiger partial charge in [0.05, 0.1) is 0 Å².